The minimum absolute atomic E-state index is 0.415. The highest BCUT2D eigenvalue weighted by Crippen LogP contribution is 2.18. The Balaban J connectivity index is 1.86. The number of hydrogen-bond acceptors (Lipinski definition) is 2. The van der Waals surface area contributed by atoms with Crippen LogP contribution in [0.25, 0.3) is 0 Å². The SMILES string of the molecule is C=C(/C=C\C(=N/C)C1C=CC(C)=CC1)CN1CCCCC1. The zero-order valence-electron chi connectivity index (χ0n) is 13.5. The van der Waals surface area contributed by atoms with Crippen LogP contribution in [0.15, 0.2) is 53.1 Å². The predicted molar refractivity (Wildman–Crippen MR) is 92.9 cm³/mol. The van der Waals surface area contributed by atoms with E-state index in [-0.39, 0.29) is 0 Å². The highest BCUT2D eigenvalue weighted by atomic mass is 15.1. The summed E-state index contributed by atoms with van der Waals surface area (Å²) in [4.78, 5) is 6.96. The van der Waals surface area contributed by atoms with Crippen molar-refractivity contribution in [3.63, 3.8) is 0 Å². The fourth-order valence-electron chi connectivity index (χ4n) is 2.97. The molecule has 0 saturated carbocycles. The number of allylic oxidation sites excluding steroid dienone is 5. The Bertz CT molecular complexity index is 474. The van der Waals surface area contributed by atoms with E-state index in [4.69, 9.17) is 0 Å². The van der Waals surface area contributed by atoms with Gasteiger partial charge in [0, 0.05) is 25.2 Å². The topological polar surface area (TPSA) is 15.6 Å². The molecule has 21 heavy (non-hydrogen) atoms. The zero-order valence-corrected chi connectivity index (χ0v) is 13.5. The summed E-state index contributed by atoms with van der Waals surface area (Å²) < 4.78 is 0. The summed E-state index contributed by atoms with van der Waals surface area (Å²) in [6.07, 6.45) is 16.1. The van der Waals surface area contributed by atoms with Crippen LogP contribution in [0.1, 0.15) is 32.6 Å². The van der Waals surface area contributed by atoms with Crippen LogP contribution in [0.2, 0.25) is 0 Å². The van der Waals surface area contributed by atoms with Gasteiger partial charge in [-0.05, 0) is 50.9 Å². The molecule has 114 valence electrons. The molecule has 0 N–H and O–H groups in total. The van der Waals surface area contributed by atoms with Crippen molar-refractivity contribution in [1.29, 1.82) is 0 Å². The first-order valence-corrected chi connectivity index (χ1v) is 8.09. The van der Waals surface area contributed by atoms with Crippen molar-refractivity contribution in [3.8, 4) is 0 Å². The van der Waals surface area contributed by atoms with E-state index in [9.17, 15) is 0 Å². The molecule has 1 fully saturated rings. The summed E-state index contributed by atoms with van der Waals surface area (Å²) in [5.41, 5.74) is 3.68. The van der Waals surface area contributed by atoms with E-state index >= 15 is 0 Å². The Morgan fingerprint density at radius 3 is 2.71 bits per heavy atom. The average molecular weight is 284 g/mol. The number of nitrogens with zero attached hydrogens (tertiary/aromatic N) is 2. The maximum absolute atomic E-state index is 4.45. The first-order valence-electron chi connectivity index (χ1n) is 8.09. The predicted octanol–water partition coefficient (Wildman–Crippen LogP) is 4.18. The molecule has 1 unspecified atom stereocenters. The molecule has 0 amide bonds. The minimum atomic E-state index is 0.415. The third-order valence-corrected chi connectivity index (χ3v) is 4.29. The molecular weight excluding hydrogens is 256 g/mol. The number of rotatable bonds is 5. The summed E-state index contributed by atoms with van der Waals surface area (Å²) in [5, 5.41) is 0. The van der Waals surface area contributed by atoms with Gasteiger partial charge in [-0.2, -0.15) is 0 Å². The van der Waals surface area contributed by atoms with Crippen molar-refractivity contribution >= 4 is 5.71 Å². The molecule has 0 radical (unpaired) electrons. The second kappa shape index (κ2) is 8.14. The lowest BCUT2D eigenvalue weighted by molar-refractivity contribution is 0.248. The lowest BCUT2D eigenvalue weighted by Gasteiger charge is -2.26. The van der Waals surface area contributed by atoms with Crippen molar-refractivity contribution in [3.05, 3.63) is 48.1 Å². The van der Waals surface area contributed by atoms with Crippen LogP contribution >= 0.6 is 0 Å². The molecule has 0 aromatic carbocycles. The van der Waals surface area contributed by atoms with Gasteiger partial charge in [-0.15, -0.1) is 0 Å². The quantitative estimate of drug-likeness (QED) is 0.546. The minimum Gasteiger partial charge on any atom is -0.299 e. The molecule has 2 heteroatoms. The Labute approximate surface area is 129 Å². The van der Waals surface area contributed by atoms with Gasteiger partial charge in [0.25, 0.3) is 0 Å². The molecular formula is C19H28N2. The monoisotopic (exact) mass is 284 g/mol. The normalized spacial score (nSPS) is 24.4. The number of likely N-dealkylation sites (tertiary alicyclic amines) is 1. The van der Waals surface area contributed by atoms with Crippen molar-refractivity contribution < 1.29 is 0 Å². The van der Waals surface area contributed by atoms with Crippen LogP contribution in [0, 0.1) is 5.92 Å². The van der Waals surface area contributed by atoms with Gasteiger partial charge in [-0.3, -0.25) is 9.89 Å². The van der Waals surface area contributed by atoms with E-state index in [1.165, 1.54) is 43.5 Å². The lowest BCUT2D eigenvalue weighted by atomic mass is 9.92. The fourth-order valence-corrected chi connectivity index (χ4v) is 2.97. The lowest BCUT2D eigenvalue weighted by Crippen LogP contribution is -2.31. The molecule has 0 spiro atoms. The third kappa shape index (κ3) is 5.13. The van der Waals surface area contributed by atoms with E-state index in [1.54, 1.807) is 0 Å². The second-order valence-corrected chi connectivity index (χ2v) is 6.13. The summed E-state index contributed by atoms with van der Waals surface area (Å²) in [7, 11) is 1.88. The van der Waals surface area contributed by atoms with Gasteiger partial charge in [-0.25, -0.2) is 0 Å². The maximum Gasteiger partial charge on any atom is 0.0416 e. The molecule has 0 aromatic heterocycles. The summed E-state index contributed by atoms with van der Waals surface area (Å²) >= 11 is 0. The molecule has 1 aliphatic carbocycles. The van der Waals surface area contributed by atoms with Crippen molar-refractivity contribution in [1.82, 2.24) is 4.90 Å². The molecule has 2 aliphatic rings. The van der Waals surface area contributed by atoms with Crippen LogP contribution in [-0.2, 0) is 0 Å². The second-order valence-electron chi connectivity index (χ2n) is 6.13. The van der Waals surface area contributed by atoms with E-state index < -0.39 is 0 Å². The maximum atomic E-state index is 4.45. The van der Waals surface area contributed by atoms with Crippen LogP contribution in [0.5, 0.6) is 0 Å². The van der Waals surface area contributed by atoms with Crippen LogP contribution in [0.3, 0.4) is 0 Å². The highest BCUT2D eigenvalue weighted by molar-refractivity contribution is 5.98. The van der Waals surface area contributed by atoms with Crippen molar-refractivity contribution in [2.24, 2.45) is 10.9 Å². The number of piperidine rings is 1. The smallest absolute Gasteiger partial charge is 0.0416 e. The van der Waals surface area contributed by atoms with Gasteiger partial charge in [0.05, 0.1) is 0 Å². The third-order valence-electron chi connectivity index (χ3n) is 4.29. The fraction of sp³-hybridized carbons (Fsp3) is 0.526. The van der Waals surface area contributed by atoms with Gasteiger partial charge >= 0.3 is 0 Å². The molecule has 1 saturated heterocycles. The standard InChI is InChI=1S/C19H28N2/c1-16-7-10-18(11-8-16)19(20-3)12-9-17(2)15-21-13-5-4-6-14-21/h7-10,12,18H,2,4-6,11,13-15H2,1,3H3/b12-9-,20-19+. The molecule has 0 bridgehead atoms. The molecule has 0 aromatic rings. The largest absolute Gasteiger partial charge is 0.299 e. The first-order chi connectivity index (χ1) is 10.2. The molecule has 2 rings (SSSR count). The van der Waals surface area contributed by atoms with Crippen molar-refractivity contribution in [2.75, 3.05) is 26.7 Å². The van der Waals surface area contributed by atoms with E-state index in [2.05, 4.69) is 53.8 Å². The summed E-state index contributed by atoms with van der Waals surface area (Å²) in [5.74, 6) is 0.415. The Morgan fingerprint density at radius 2 is 2.10 bits per heavy atom. The molecule has 2 nitrogen and oxygen atoms in total. The zero-order chi connectivity index (χ0) is 15.1. The van der Waals surface area contributed by atoms with Crippen LogP contribution in [-0.4, -0.2) is 37.3 Å². The van der Waals surface area contributed by atoms with Gasteiger partial charge in [0.1, 0.15) is 0 Å². The Morgan fingerprint density at radius 1 is 1.33 bits per heavy atom. The van der Waals surface area contributed by atoms with E-state index in [1.807, 2.05) is 7.05 Å². The van der Waals surface area contributed by atoms with Crippen LogP contribution in [0.4, 0.5) is 0 Å². The van der Waals surface area contributed by atoms with Gasteiger partial charge in [0.15, 0.2) is 0 Å². The van der Waals surface area contributed by atoms with Gasteiger partial charge < -0.3 is 0 Å². The van der Waals surface area contributed by atoms with E-state index in [0.717, 1.165) is 18.7 Å². The Hall–Kier alpha value is -1.41. The van der Waals surface area contributed by atoms with Crippen molar-refractivity contribution in [2.45, 2.75) is 32.6 Å². The van der Waals surface area contributed by atoms with Gasteiger partial charge in [0.2, 0.25) is 0 Å². The van der Waals surface area contributed by atoms with E-state index in [0.29, 0.717) is 5.92 Å². The molecule has 1 atom stereocenters. The average Bonchev–Trinajstić information content (AvgIpc) is 2.50. The first kappa shape index (κ1) is 16.0. The molecule has 1 aliphatic heterocycles. The van der Waals surface area contributed by atoms with Crippen LogP contribution < -0.4 is 0 Å². The summed E-state index contributed by atoms with van der Waals surface area (Å²) in [6, 6.07) is 0. The highest BCUT2D eigenvalue weighted by Gasteiger charge is 2.12. The Kier molecular flexibility index (Phi) is 6.19. The number of aliphatic imine (C=N–C) groups is 1. The van der Waals surface area contributed by atoms with Gasteiger partial charge in [-0.1, -0.05) is 42.9 Å². The molecule has 1 heterocycles. The number of hydrogen-bond donors (Lipinski definition) is 0. The summed E-state index contributed by atoms with van der Waals surface area (Å²) in [6.45, 7) is 9.78.